The van der Waals surface area contributed by atoms with Crippen LogP contribution in [0.5, 0.6) is 0 Å². The fourth-order valence-corrected chi connectivity index (χ4v) is 2.53. The number of hydrogen-bond acceptors (Lipinski definition) is 4. The molecule has 5 nitrogen and oxygen atoms in total. The molecule has 0 aliphatic rings. The lowest BCUT2D eigenvalue weighted by molar-refractivity contribution is 0.231. The summed E-state index contributed by atoms with van der Waals surface area (Å²) in [7, 11) is 0. The SMILES string of the molecule is CCc1nc(C(C)NC(=O)NC(C)CCCO)cs1. The molecule has 0 aromatic carbocycles. The van der Waals surface area contributed by atoms with Gasteiger partial charge in [0, 0.05) is 18.0 Å². The summed E-state index contributed by atoms with van der Waals surface area (Å²) in [5.41, 5.74) is 0.903. The molecule has 0 bridgehead atoms. The molecule has 19 heavy (non-hydrogen) atoms. The van der Waals surface area contributed by atoms with Gasteiger partial charge in [-0.1, -0.05) is 6.92 Å². The topological polar surface area (TPSA) is 74.2 Å². The molecule has 2 amide bonds. The highest BCUT2D eigenvalue weighted by molar-refractivity contribution is 7.09. The number of carbonyl (C=O) groups excluding carboxylic acids is 1. The Kier molecular flexibility index (Phi) is 6.80. The van der Waals surface area contributed by atoms with Gasteiger partial charge in [-0.05, 0) is 33.1 Å². The molecule has 3 N–H and O–H groups in total. The van der Waals surface area contributed by atoms with Crippen molar-refractivity contribution in [1.82, 2.24) is 15.6 Å². The van der Waals surface area contributed by atoms with Gasteiger partial charge in [-0.15, -0.1) is 11.3 Å². The Morgan fingerprint density at radius 1 is 1.47 bits per heavy atom. The molecule has 1 rings (SSSR count). The minimum atomic E-state index is -0.191. The summed E-state index contributed by atoms with van der Waals surface area (Å²) in [5.74, 6) is 0. The van der Waals surface area contributed by atoms with Crippen molar-refractivity contribution >= 4 is 17.4 Å². The van der Waals surface area contributed by atoms with Crippen molar-refractivity contribution in [3.63, 3.8) is 0 Å². The molecule has 6 heteroatoms. The third-order valence-electron chi connectivity index (χ3n) is 2.84. The quantitative estimate of drug-likeness (QED) is 0.719. The lowest BCUT2D eigenvalue weighted by atomic mass is 10.2. The first kappa shape index (κ1) is 15.9. The van der Waals surface area contributed by atoms with Crippen molar-refractivity contribution in [2.24, 2.45) is 0 Å². The zero-order chi connectivity index (χ0) is 14.3. The molecule has 2 unspecified atom stereocenters. The largest absolute Gasteiger partial charge is 0.396 e. The molecule has 1 aromatic rings. The maximum Gasteiger partial charge on any atom is 0.315 e. The number of rotatable bonds is 7. The van der Waals surface area contributed by atoms with Crippen molar-refractivity contribution in [2.45, 2.75) is 52.1 Å². The molecule has 0 aliphatic carbocycles. The van der Waals surface area contributed by atoms with Gasteiger partial charge in [0.2, 0.25) is 0 Å². The van der Waals surface area contributed by atoms with E-state index >= 15 is 0 Å². The van der Waals surface area contributed by atoms with Crippen LogP contribution in [0.1, 0.15) is 50.4 Å². The Hall–Kier alpha value is -1.14. The lowest BCUT2D eigenvalue weighted by Crippen LogP contribution is -2.41. The number of nitrogens with one attached hydrogen (secondary N) is 2. The molecule has 0 saturated heterocycles. The van der Waals surface area contributed by atoms with E-state index in [1.807, 2.05) is 19.2 Å². The van der Waals surface area contributed by atoms with Crippen LogP contribution < -0.4 is 10.6 Å². The first-order chi connectivity index (χ1) is 9.06. The van der Waals surface area contributed by atoms with E-state index < -0.39 is 0 Å². The average Bonchev–Trinajstić information content (AvgIpc) is 2.84. The normalized spacial score (nSPS) is 13.9. The van der Waals surface area contributed by atoms with Crippen molar-refractivity contribution < 1.29 is 9.90 Å². The highest BCUT2D eigenvalue weighted by atomic mass is 32.1. The van der Waals surface area contributed by atoms with E-state index in [0.29, 0.717) is 6.42 Å². The number of nitrogens with zero attached hydrogens (tertiary/aromatic N) is 1. The van der Waals surface area contributed by atoms with Crippen LogP contribution in [-0.4, -0.2) is 28.8 Å². The Morgan fingerprint density at radius 3 is 2.79 bits per heavy atom. The Bertz CT molecular complexity index is 395. The van der Waals surface area contributed by atoms with Crippen LogP contribution in [0.2, 0.25) is 0 Å². The monoisotopic (exact) mass is 285 g/mol. The van der Waals surface area contributed by atoms with Gasteiger partial charge in [0.05, 0.1) is 16.7 Å². The summed E-state index contributed by atoms with van der Waals surface area (Å²) in [6.07, 6.45) is 2.39. The molecule has 1 aromatic heterocycles. The standard InChI is InChI=1S/C13H23N3O2S/c1-4-12-16-11(8-19-12)10(3)15-13(18)14-9(2)6-5-7-17/h8-10,17H,4-7H2,1-3H3,(H2,14,15,18). The second-order valence-electron chi connectivity index (χ2n) is 4.63. The van der Waals surface area contributed by atoms with Crippen LogP contribution in [0, 0.1) is 0 Å². The predicted octanol–water partition coefficient (Wildman–Crippen LogP) is 2.23. The number of urea groups is 1. The summed E-state index contributed by atoms with van der Waals surface area (Å²) in [6.45, 7) is 6.07. The molecule has 1 heterocycles. The number of aromatic nitrogens is 1. The minimum Gasteiger partial charge on any atom is -0.396 e. The van der Waals surface area contributed by atoms with Crippen LogP contribution in [0.3, 0.4) is 0 Å². The number of amides is 2. The van der Waals surface area contributed by atoms with Crippen LogP contribution in [0.4, 0.5) is 4.79 Å². The minimum absolute atomic E-state index is 0.0565. The van der Waals surface area contributed by atoms with Gasteiger partial charge in [-0.3, -0.25) is 0 Å². The molecular formula is C13H23N3O2S. The Labute approximate surface area is 118 Å². The Balaban J connectivity index is 2.38. The van der Waals surface area contributed by atoms with Crippen molar-refractivity contribution in [3.05, 3.63) is 16.1 Å². The lowest BCUT2D eigenvalue weighted by Gasteiger charge is -2.17. The molecule has 0 saturated carbocycles. The summed E-state index contributed by atoms with van der Waals surface area (Å²) in [6, 6.07) is -0.230. The Morgan fingerprint density at radius 2 is 2.21 bits per heavy atom. The number of carbonyl (C=O) groups is 1. The van der Waals surface area contributed by atoms with Crippen LogP contribution in [0.25, 0.3) is 0 Å². The smallest absolute Gasteiger partial charge is 0.315 e. The van der Waals surface area contributed by atoms with Crippen LogP contribution in [-0.2, 0) is 6.42 Å². The third kappa shape index (κ3) is 5.57. The van der Waals surface area contributed by atoms with Crippen molar-refractivity contribution in [2.75, 3.05) is 6.61 Å². The fourth-order valence-electron chi connectivity index (χ4n) is 1.69. The summed E-state index contributed by atoms with van der Waals surface area (Å²) < 4.78 is 0. The summed E-state index contributed by atoms with van der Waals surface area (Å²) in [4.78, 5) is 16.2. The van der Waals surface area contributed by atoms with Crippen LogP contribution in [0.15, 0.2) is 5.38 Å². The number of hydrogen-bond donors (Lipinski definition) is 3. The van der Waals surface area contributed by atoms with E-state index in [1.165, 1.54) is 0 Å². The van der Waals surface area contributed by atoms with E-state index in [1.54, 1.807) is 11.3 Å². The van der Waals surface area contributed by atoms with Gasteiger partial charge in [-0.25, -0.2) is 9.78 Å². The molecule has 108 valence electrons. The van der Waals surface area contributed by atoms with Gasteiger partial charge in [0.1, 0.15) is 0 Å². The van der Waals surface area contributed by atoms with Gasteiger partial charge in [0.15, 0.2) is 0 Å². The molecule has 0 fully saturated rings. The second-order valence-corrected chi connectivity index (χ2v) is 5.57. The highest BCUT2D eigenvalue weighted by Crippen LogP contribution is 2.16. The number of aliphatic hydroxyl groups excluding tert-OH is 1. The maximum atomic E-state index is 11.8. The van der Waals surface area contributed by atoms with E-state index in [-0.39, 0.29) is 24.7 Å². The third-order valence-corrected chi connectivity index (χ3v) is 3.85. The van der Waals surface area contributed by atoms with Gasteiger partial charge < -0.3 is 15.7 Å². The zero-order valence-corrected chi connectivity index (χ0v) is 12.6. The van der Waals surface area contributed by atoms with E-state index in [9.17, 15) is 4.79 Å². The van der Waals surface area contributed by atoms with Gasteiger partial charge >= 0.3 is 6.03 Å². The maximum absolute atomic E-state index is 11.8. The predicted molar refractivity (Wildman–Crippen MR) is 77.4 cm³/mol. The second kappa shape index (κ2) is 8.12. The number of thiazole rings is 1. The van der Waals surface area contributed by atoms with Gasteiger partial charge in [0.25, 0.3) is 0 Å². The number of aliphatic hydroxyl groups is 1. The summed E-state index contributed by atoms with van der Waals surface area (Å²) >= 11 is 1.62. The first-order valence-corrected chi connectivity index (χ1v) is 7.57. The molecule has 2 atom stereocenters. The molecule has 0 aliphatic heterocycles. The van der Waals surface area contributed by atoms with Crippen LogP contribution >= 0.6 is 11.3 Å². The zero-order valence-electron chi connectivity index (χ0n) is 11.8. The molecule has 0 radical (unpaired) electrons. The average molecular weight is 285 g/mol. The molecular weight excluding hydrogens is 262 g/mol. The number of aryl methyl sites for hydroxylation is 1. The van der Waals surface area contributed by atoms with E-state index in [4.69, 9.17) is 5.11 Å². The van der Waals surface area contributed by atoms with E-state index in [2.05, 4.69) is 22.5 Å². The first-order valence-electron chi connectivity index (χ1n) is 6.69. The van der Waals surface area contributed by atoms with E-state index in [0.717, 1.165) is 23.5 Å². The fraction of sp³-hybridized carbons (Fsp3) is 0.692. The molecule has 0 spiro atoms. The van der Waals surface area contributed by atoms with Crippen molar-refractivity contribution in [1.29, 1.82) is 0 Å². The van der Waals surface area contributed by atoms with Gasteiger partial charge in [-0.2, -0.15) is 0 Å². The highest BCUT2D eigenvalue weighted by Gasteiger charge is 2.13. The van der Waals surface area contributed by atoms with Crippen molar-refractivity contribution in [3.8, 4) is 0 Å². The summed E-state index contributed by atoms with van der Waals surface area (Å²) in [5, 5.41) is 17.5.